The molecule has 0 fully saturated rings. The van der Waals surface area contributed by atoms with E-state index in [0.29, 0.717) is 5.02 Å². The van der Waals surface area contributed by atoms with E-state index in [4.69, 9.17) is 16.7 Å². The summed E-state index contributed by atoms with van der Waals surface area (Å²) in [5.41, 5.74) is 0.916. The molecule has 0 unspecified atom stereocenters. The third-order valence-corrected chi connectivity index (χ3v) is 3.16. The van der Waals surface area contributed by atoms with Gasteiger partial charge in [0.25, 0.3) is 0 Å². The molecule has 0 aliphatic heterocycles. The molecule has 2 N–H and O–H groups in total. The zero-order valence-corrected chi connectivity index (χ0v) is 9.56. The molecule has 0 heterocycles. The standard InChI is InChI=1S/C9H12ClNO2S/c1-6(2)8-4-3-7(5-9(8)10)14(11,12)13/h3-6H,1-2H3,(H2,11,12,13). The molecule has 0 radical (unpaired) electrons. The monoisotopic (exact) mass is 233 g/mol. The van der Waals surface area contributed by atoms with Crippen LogP contribution < -0.4 is 5.14 Å². The Morgan fingerprint density at radius 1 is 1.36 bits per heavy atom. The Hall–Kier alpha value is -0.580. The zero-order valence-electron chi connectivity index (χ0n) is 7.99. The molecule has 0 bridgehead atoms. The molecule has 0 atom stereocenters. The largest absolute Gasteiger partial charge is 0.238 e. The predicted octanol–water partition coefficient (Wildman–Crippen LogP) is 2.11. The molecular formula is C9H12ClNO2S. The Kier molecular flexibility index (Phi) is 3.19. The first-order chi connectivity index (χ1) is 6.32. The van der Waals surface area contributed by atoms with Crippen molar-refractivity contribution in [3.63, 3.8) is 0 Å². The lowest BCUT2D eigenvalue weighted by atomic mass is 10.0. The molecule has 0 amide bonds. The number of hydrogen-bond acceptors (Lipinski definition) is 2. The molecule has 1 rings (SSSR count). The van der Waals surface area contributed by atoms with Crippen molar-refractivity contribution in [2.75, 3.05) is 0 Å². The zero-order chi connectivity index (χ0) is 10.9. The third-order valence-electron chi connectivity index (χ3n) is 1.92. The van der Waals surface area contributed by atoms with Gasteiger partial charge in [-0.1, -0.05) is 31.5 Å². The van der Waals surface area contributed by atoms with Crippen LogP contribution in [0.1, 0.15) is 25.3 Å². The molecule has 3 nitrogen and oxygen atoms in total. The van der Waals surface area contributed by atoms with Crippen molar-refractivity contribution in [2.45, 2.75) is 24.7 Å². The minimum Gasteiger partial charge on any atom is -0.225 e. The molecule has 0 aliphatic carbocycles. The number of sulfonamides is 1. The Balaban J connectivity index is 3.27. The van der Waals surface area contributed by atoms with Gasteiger partial charge in [-0.15, -0.1) is 0 Å². The molecule has 0 spiro atoms. The summed E-state index contributed by atoms with van der Waals surface area (Å²) >= 11 is 5.91. The summed E-state index contributed by atoms with van der Waals surface area (Å²) in [4.78, 5) is 0.0481. The highest BCUT2D eigenvalue weighted by Gasteiger charge is 2.11. The molecule has 0 aromatic heterocycles. The van der Waals surface area contributed by atoms with Gasteiger partial charge in [0.15, 0.2) is 0 Å². The average molecular weight is 234 g/mol. The van der Waals surface area contributed by atoms with Crippen molar-refractivity contribution >= 4 is 21.6 Å². The van der Waals surface area contributed by atoms with Crippen LogP contribution in [0.5, 0.6) is 0 Å². The van der Waals surface area contributed by atoms with Gasteiger partial charge in [0.05, 0.1) is 4.90 Å². The summed E-state index contributed by atoms with van der Waals surface area (Å²) in [6.07, 6.45) is 0. The van der Waals surface area contributed by atoms with E-state index < -0.39 is 10.0 Å². The van der Waals surface area contributed by atoms with Gasteiger partial charge in [-0.3, -0.25) is 0 Å². The van der Waals surface area contributed by atoms with Crippen LogP contribution in [0.25, 0.3) is 0 Å². The Morgan fingerprint density at radius 2 is 1.93 bits per heavy atom. The molecule has 0 saturated heterocycles. The van der Waals surface area contributed by atoms with E-state index in [1.54, 1.807) is 6.07 Å². The SMILES string of the molecule is CC(C)c1ccc(S(N)(=O)=O)cc1Cl. The second-order valence-corrected chi connectivity index (χ2v) is 5.35. The second-order valence-electron chi connectivity index (χ2n) is 3.38. The van der Waals surface area contributed by atoms with E-state index in [0.717, 1.165) is 5.56 Å². The van der Waals surface area contributed by atoms with E-state index >= 15 is 0 Å². The predicted molar refractivity (Wildman–Crippen MR) is 56.9 cm³/mol. The topological polar surface area (TPSA) is 60.2 Å². The number of primary sulfonamides is 1. The summed E-state index contributed by atoms with van der Waals surface area (Å²) in [6.45, 7) is 3.97. The first-order valence-corrected chi connectivity index (χ1v) is 6.07. The van der Waals surface area contributed by atoms with Crippen molar-refractivity contribution < 1.29 is 8.42 Å². The number of halogens is 1. The molecule has 78 valence electrons. The van der Waals surface area contributed by atoms with Crippen molar-refractivity contribution in [3.05, 3.63) is 28.8 Å². The van der Waals surface area contributed by atoms with Gasteiger partial charge in [0.2, 0.25) is 10.0 Å². The normalized spacial score (nSPS) is 12.1. The van der Waals surface area contributed by atoms with Crippen LogP contribution in [0.3, 0.4) is 0 Å². The minimum atomic E-state index is -3.65. The molecular weight excluding hydrogens is 222 g/mol. The summed E-state index contributed by atoms with van der Waals surface area (Å²) < 4.78 is 22.0. The number of benzene rings is 1. The summed E-state index contributed by atoms with van der Waals surface area (Å²) in [7, 11) is -3.65. The van der Waals surface area contributed by atoms with Crippen LogP contribution in [-0.2, 0) is 10.0 Å². The lowest BCUT2D eigenvalue weighted by Crippen LogP contribution is -2.12. The van der Waals surface area contributed by atoms with Crippen molar-refractivity contribution in [2.24, 2.45) is 5.14 Å². The van der Waals surface area contributed by atoms with Crippen LogP contribution in [0.15, 0.2) is 23.1 Å². The maximum atomic E-state index is 11.0. The number of nitrogens with two attached hydrogens (primary N) is 1. The number of rotatable bonds is 2. The molecule has 0 aliphatic rings. The van der Waals surface area contributed by atoms with Gasteiger partial charge < -0.3 is 0 Å². The van der Waals surface area contributed by atoms with E-state index in [1.165, 1.54) is 12.1 Å². The van der Waals surface area contributed by atoms with E-state index in [1.807, 2.05) is 13.8 Å². The molecule has 5 heteroatoms. The maximum Gasteiger partial charge on any atom is 0.238 e. The van der Waals surface area contributed by atoms with Gasteiger partial charge >= 0.3 is 0 Å². The minimum absolute atomic E-state index is 0.0481. The first-order valence-electron chi connectivity index (χ1n) is 4.14. The van der Waals surface area contributed by atoms with Crippen LogP contribution in [0.2, 0.25) is 5.02 Å². The Labute approximate surface area is 88.9 Å². The quantitative estimate of drug-likeness (QED) is 0.851. The van der Waals surface area contributed by atoms with E-state index in [9.17, 15) is 8.42 Å². The fraction of sp³-hybridized carbons (Fsp3) is 0.333. The summed E-state index contributed by atoms with van der Waals surface area (Å²) in [6, 6.07) is 4.54. The van der Waals surface area contributed by atoms with Gasteiger partial charge in [0.1, 0.15) is 0 Å². The second kappa shape index (κ2) is 3.88. The van der Waals surface area contributed by atoms with Crippen LogP contribution >= 0.6 is 11.6 Å². The molecule has 1 aromatic carbocycles. The lowest BCUT2D eigenvalue weighted by molar-refractivity contribution is 0.597. The highest BCUT2D eigenvalue weighted by molar-refractivity contribution is 7.89. The molecule has 1 aromatic rings. The first kappa shape index (κ1) is 11.5. The highest BCUT2D eigenvalue weighted by atomic mass is 35.5. The Bertz CT molecular complexity index is 440. The van der Waals surface area contributed by atoms with Gasteiger partial charge in [-0.25, -0.2) is 13.6 Å². The van der Waals surface area contributed by atoms with Gasteiger partial charge in [-0.2, -0.15) is 0 Å². The average Bonchev–Trinajstić information content (AvgIpc) is 2.01. The van der Waals surface area contributed by atoms with Crippen LogP contribution in [0.4, 0.5) is 0 Å². The smallest absolute Gasteiger partial charge is 0.225 e. The Morgan fingerprint density at radius 3 is 2.29 bits per heavy atom. The van der Waals surface area contributed by atoms with Crippen molar-refractivity contribution in [1.82, 2.24) is 0 Å². The number of hydrogen-bond donors (Lipinski definition) is 1. The third kappa shape index (κ3) is 2.47. The van der Waals surface area contributed by atoms with E-state index in [2.05, 4.69) is 0 Å². The molecule has 0 saturated carbocycles. The fourth-order valence-corrected chi connectivity index (χ4v) is 2.16. The highest BCUT2D eigenvalue weighted by Crippen LogP contribution is 2.26. The molecule has 14 heavy (non-hydrogen) atoms. The summed E-state index contributed by atoms with van der Waals surface area (Å²) in [5, 5.41) is 5.40. The summed E-state index contributed by atoms with van der Waals surface area (Å²) in [5.74, 6) is 0.261. The van der Waals surface area contributed by atoms with Crippen molar-refractivity contribution in [1.29, 1.82) is 0 Å². The van der Waals surface area contributed by atoms with Gasteiger partial charge in [-0.05, 0) is 23.6 Å². The van der Waals surface area contributed by atoms with Crippen molar-refractivity contribution in [3.8, 4) is 0 Å². The van der Waals surface area contributed by atoms with Gasteiger partial charge in [0, 0.05) is 5.02 Å². The van der Waals surface area contributed by atoms with Crippen LogP contribution in [0, 0.1) is 0 Å². The maximum absolute atomic E-state index is 11.0. The fourth-order valence-electron chi connectivity index (χ4n) is 1.15. The lowest BCUT2D eigenvalue weighted by Gasteiger charge is -2.08. The van der Waals surface area contributed by atoms with E-state index in [-0.39, 0.29) is 10.8 Å². The van der Waals surface area contributed by atoms with Crippen LogP contribution in [-0.4, -0.2) is 8.42 Å².